The predicted molar refractivity (Wildman–Crippen MR) is 126 cm³/mol. The molecule has 1 amide bonds. The number of fused-ring (bicyclic) bond motifs is 1. The van der Waals surface area contributed by atoms with Crippen LogP contribution in [0.1, 0.15) is 17.1 Å². The number of anilines is 1. The molecule has 0 unspecified atom stereocenters. The van der Waals surface area contributed by atoms with Gasteiger partial charge in [-0.3, -0.25) is 9.36 Å². The predicted octanol–water partition coefficient (Wildman–Crippen LogP) is 4.67. The number of thioether (sulfide) groups is 1. The van der Waals surface area contributed by atoms with E-state index in [-0.39, 0.29) is 24.1 Å². The van der Waals surface area contributed by atoms with Crippen LogP contribution >= 0.6 is 11.8 Å². The van der Waals surface area contributed by atoms with E-state index in [0.29, 0.717) is 34.6 Å². The van der Waals surface area contributed by atoms with Crippen LogP contribution in [-0.2, 0) is 24.4 Å². The van der Waals surface area contributed by atoms with Gasteiger partial charge in [0.25, 0.3) is 0 Å². The Morgan fingerprint density at radius 3 is 2.69 bits per heavy atom. The fourth-order valence-corrected chi connectivity index (χ4v) is 4.50. The standard InChI is InChI=1S/C24H20F3N5O3S/c1-31-9-3-6-17(31)12-21-29-30-23(32(21)18-5-2-4-15(10-18)24(25,26)27)36-13-22(33)28-16-7-8-19-20(11-16)35-14-34-19/h2-11H,12-14H2,1H3,(H,28,33). The topological polar surface area (TPSA) is 83.2 Å². The first-order chi connectivity index (χ1) is 17.3. The van der Waals surface area contributed by atoms with Crippen molar-refractivity contribution in [2.75, 3.05) is 17.9 Å². The van der Waals surface area contributed by atoms with Crippen LogP contribution in [0.3, 0.4) is 0 Å². The summed E-state index contributed by atoms with van der Waals surface area (Å²) in [7, 11) is 1.87. The number of hydrogen-bond acceptors (Lipinski definition) is 6. The van der Waals surface area contributed by atoms with Crippen molar-refractivity contribution < 1.29 is 27.4 Å². The van der Waals surface area contributed by atoms with E-state index in [1.165, 1.54) is 6.07 Å². The van der Waals surface area contributed by atoms with Crippen LogP contribution in [0.5, 0.6) is 11.5 Å². The van der Waals surface area contributed by atoms with Crippen LogP contribution < -0.4 is 14.8 Å². The first-order valence-corrected chi connectivity index (χ1v) is 11.8. The van der Waals surface area contributed by atoms with Crippen LogP contribution in [0, 0.1) is 0 Å². The number of amides is 1. The Balaban J connectivity index is 1.39. The number of carbonyl (C=O) groups is 1. The van der Waals surface area contributed by atoms with Gasteiger partial charge in [0, 0.05) is 37.1 Å². The summed E-state index contributed by atoms with van der Waals surface area (Å²) in [5.74, 6) is 1.24. The number of aryl methyl sites for hydroxylation is 1. The number of aromatic nitrogens is 4. The summed E-state index contributed by atoms with van der Waals surface area (Å²) in [6, 6.07) is 13.8. The summed E-state index contributed by atoms with van der Waals surface area (Å²) < 4.78 is 54.2. The number of rotatable bonds is 7. The average molecular weight is 516 g/mol. The number of halogens is 3. The Kier molecular flexibility index (Phi) is 6.35. The van der Waals surface area contributed by atoms with Gasteiger partial charge in [-0.2, -0.15) is 13.2 Å². The lowest BCUT2D eigenvalue weighted by Crippen LogP contribution is -2.15. The zero-order valence-corrected chi connectivity index (χ0v) is 19.8. The maximum atomic E-state index is 13.4. The highest BCUT2D eigenvalue weighted by Crippen LogP contribution is 2.35. The van der Waals surface area contributed by atoms with E-state index in [1.54, 1.807) is 28.8 Å². The molecule has 36 heavy (non-hydrogen) atoms. The molecule has 0 saturated carbocycles. The summed E-state index contributed by atoms with van der Waals surface area (Å²) in [6.45, 7) is 0.124. The number of benzene rings is 2. The molecule has 4 aromatic rings. The molecule has 0 aliphatic carbocycles. The third-order valence-corrected chi connectivity index (χ3v) is 6.44. The van der Waals surface area contributed by atoms with Gasteiger partial charge in [-0.1, -0.05) is 17.8 Å². The Hall–Kier alpha value is -3.93. The molecule has 186 valence electrons. The molecule has 1 N–H and O–H groups in total. The van der Waals surface area contributed by atoms with Crippen molar-refractivity contribution in [2.45, 2.75) is 17.8 Å². The molecule has 0 spiro atoms. The number of hydrogen-bond donors (Lipinski definition) is 1. The van der Waals surface area contributed by atoms with Gasteiger partial charge in [-0.25, -0.2) is 0 Å². The van der Waals surface area contributed by atoms with Crippen LogP contribution in [0.2, 0.25) is 0 Å². The quantitative estimate of drug-likeness (QED) is 0.360. The highest BCUT2D eigenvalue weighted by molar-refractivity contribution is 7.99. The second-order valence-electron chi connectivity index (χ2n) is 7.97. The van der Waals surface area contributed by atoms with Gasteiger partial charge in [0.2, 0.25) is 12.7 Å². The van der Waals surface area contributed by atoms with E-state index in [0.717, 1.165) is 29.6 Å². The number of nitrogens with one attached hydrogen (secondary N) is 1. The first-order valence-electron chi connectivity index (χ1n) is 10.8. The fraction of sp³-hybridized carbons (Fsp3) is 0.208. The fourth-order valence-electron chi connectivity index (χ4n) is 3.73. The van der Waals surface area contributed by atoms with Crippen molar-refractivity contribution in [3.8, 4) is 17.2 Å². The largest absolute Gasteiger partial charge is 0.454 e. The van der Waals surface area contributed by atoms with E-state index in [4.69, 9.17) is 9.47 Å². The number of nitrogens with zero attached hydrogens (tertiary/aromatic N) is 4. The molecular formula is C24H20F3N5O3S. The monoisotopic (exact) mass is 515 g/mol. The molecule has 0 bridgehead atoms. The smallest absolute Gasteiger partial charge is 0.416 e. The van der Waals surface area contributed by atoms with Crippen LogP contribution in [0.25, 0.3) is 5.69 Å². The van der Waals surface area contributed by atoms with Crippen molar-refractivity contribution in [2.24, 2.45) is 7.05 Å². The highest BCUT2D eigenvalue weighted by Gasteiger charge is 2.31. The molecular weight excluding hydrogens is 495 g/mol. The van der Waals surface area contributed by atoms with Crippen LogP contribution in [0.15, 0.2) is 66.0 Å². The highest BCUT2D eigenvalue weighted by atomic mass is 32.2. The lowest BCUT2D eigenvalue weighted by Gasteiger charge is -2.13. The van der Waals surface area contributed by atoms with E-state index in [2.05, 4.69) is 15.5 Å². The van der Waals surface area contributed by atoms with Gasteiger partial charge in [-0.15, -0.1) is 10.2 Å². The Morgan fingerprint density at radius 1 is 1.08 bits per heavy atom. The van der Waals surface area contributed by atoms with E-state index in [9.17, 15) is 18.0 Å². The number of carbonyl (C=O) groups excluding carboxylic acids is 1. The summed E-state index contributed by atoms with van der Waals surface area (Å²) in [4.78, 5) is 12.6. The van der Waals surface area contributed by atoms with Crippen molar-refractivity contribution in [3.05, 3.63) is 77.9 Å². The summed E-state index contributed by atoms with van der Waals surface area (Å²) in [5, 5.41) is 11.5. The average Bonchev–Trinajstić information content (AvgIpc) is 3.57. The van der Waals surface area contributed by atoms with Crippen LogP contribution in [0.4, 0.5) is 18.9 Å². The van der Waals surface area contributed by atoms with Crippen molar-refractivity contribution in [1.29, 1.82) is 0 Å². The lowest BCUT2D eigenvalue weighted by molar-refractivity contribution is -0.137. The second-order valence-corrected chi connectivity index (χ2v) is 8.92. The van der Waals surface area contributed by atoms with Crippen molar-refractivity contribution in [1.82, 2.24) is 19.3 Å². The summed E-state index contributed by atoms with van der Waals surface area (Å²) >= 11 is 1.08. The molecule has 5 rings (SSSR count). The minimum Gasteiger partial charge on any atom is -0.454 e. The molecule has 1 aliphatic rings. The third-order valence-electron chi connectivity index (χ3n) is 5.51. The molecule has 0 saturated heterocycles. The van der Waals surface area contributed by atoms with Gasteiger partial charge < -0.3 is 19.4 Å². The Labute approximate surface area is 208 Å². The molecule has 8 nitrogen and oxygen atoms in total. The van der Waals surface area contributed by atoms with Gasteiger partial charge >= 0.3 is 6.18 Å². The molecule has 0 fully saturated rings. The van der Waals surface area contributed by atoms with E-state index in [1.807, 2.05) is 29.9 Å². The van der Waals surface area contributed by atoms with Crippen LogP contribution in [-0.4, -0.2) is 37.8 Å². The summed E-state index contributed by atoms with van der Waals surface area (Å²) in [5.41, 5.74) is 0.925. The molecule has 3 heterocycles. The second kappa shape index (κ2) is 9.61. The zero-order chi connectivity index (χ0) is 25.3. The molecule has 2 aromatic heterocycles. The number of alkyl halides is 3. The van der Waals surface area contributed by atoms with Gasteiger partial charge in [0.05, 0.1) is 17.0 Å². The molecule has 0 radical (unpaired) electrons. The lowest BCUT2D eigenvalue weighted by atomic mass is 10.2. The third kappa shape index (κ3) is 5.03. The van der Waals surface area contributed by atoms with Gasteiger partial charge in [0.1, 0.15) is 5.82 Å². The maximum absolute atomic E-state index is 13.4. The molecule has 2 aromatic carbocycles. The molecule has 12 heteroatoms. The molecule has 1 aliphatic heterocycles. The zero-order valence-electron chi connectivity index (χ0n) is 19.0. The first kappa shape index (κ1) is 23.8. The van der Waals surface area contributed by atoms with Gasteiger partial charge in [-0.05, 0) is 42.5 Å². The van der Waals surface area contributed by atoms with Crippen molar-refractivity contribution in [3.63, 3.8) is 0 Å². The molecule has 0 atom stereocenters. The minimum atomic E-state index is -4.50. The number of ether oxygens (including phenoxy) is 2. The minimum absolute atomic E-state index is 0.0321. The van der Waals surface area contributed by atoms with E-state index >= 15 is 0 Å². The van der Waals surface area contributed by atoms with E-state index < -0.39 is 11.7 Å². The maximum Gasteiger partial charge on any atom is 0.416 e. The summed E-state index contributed by atoms with van der Waals surface area (Å²) in [6.07, 6.45) is -2.28. The van der Waals surface area contributed by atoms with Gasteiger partial charge in [0.15, 0.2) is 16.7 Å². The SMILES string of the molecule is Cn1cccc1Cc1nnc(SCC(=O)Nc2ccc3c(c2)OCO3)n1-c1cccc(C(F)(F)F)c1. The van der Waals surface area contributed by atoms with Crippen molar-refractivity contribution >= 4 is 23.4 Å². The Morgan fingerprint density at radius 2 is 1.92 bits per heavy atom. The normalized spacial score (nSPS) is 12.7. The Bertz CT molecular complexity index is 1420.